The molecule has 0 bridgehead atoms. The van der Waals surface area contributed by atoms with E-state index in [0.29, 0.717) is 5.31 Å². The van der Waals surface area contributed by atoms with Gasteiger partial charge in [-0.05, 0) is 0 Å². The summed E-state index contributed by atoms with van der Waals surface area (Å²) in [5.74, 6) is 1.04. The predicted molar refractivity (Wildman–Crippen MR) is 109 cm³/mol. The SMILES string of the molecule is CCCCCCC(C)(BC1CCCCCCC1)CCCCCC. The molecule has 0 radical (unpaired) electrons. The fourth-order valence-corrected chi connectivity index (χ4v) is 4.73. The molecule has 136 valence electrons. The summed E-state index contributed by atoms with van der Waals surface area (Å²) in [6.07, 6.45) is 25.1. The highest BCUT2D eigenvalue weighted by molar-refractivity contribution is 6.41. The molecular weight excluding hydrogens is 275 g/mol. The van der Waals surface area contributed by atoms with Crippen molar-refractivity contribution in [2.45, 2.75) is 141 Å². The molecule has 0 amide bonds. The Balaban J connectivity index is 2.45. The van der Waals surface area contributed by atoms with Gasteiger partial charge in [-0.3, -0.25) is 0 Å². The second-order valence-corrected chi connectivity index (χ2v) is 8.85. The second-order valence-electron chi connectivity index (χ2n) is 8.85. The van der Waals surface area contributed by atoms with Crippen molar-refractivity contribution in [3.63, 3.8) is 0 Å². The molecule has 0 nitrogen and oxygen atoms in total. The standard InChI is InChI=1S/C22H45B/c1-4-6-8-15-19-22(3,20-16-9-7-5-2)23-21-17-13-11-10-12-14-18-21/h21,23H,4-20H2,1-3H3. The molecule has 1 rings (SSSR count). The van der Waals surface area contributed by atoms with Crippen molar-refractivity contribution in [3.8, 4) is 0 Å². The lowest BCUT2D eigenvalue weighted by Gasteiger charge is -2.34. The van der Waals surface area contributed by atoms with Gasteiger partial charge in [-0.15, -0.1) is 0 Å². The van der Waals surface area contributed by atoms with Crippen LogP contribution in [-0.4, -0.2) is 7.28 Å². The Hall–Kier alpha value is 0.0649. The fraction of sp³-hybridized carbons (Fsp3) is 1.00. The van der Waals surface area contributed by atoms with E-state index in [1.165, 1.54) is 116 Å². The van der Waals surface area contributed by atoms with Gasteiger partial charge in [0, 0.05) is 0 Å². The van der Waals surface area contributed by atoms with Crippen LogP contribution in [0.1, 0.15) is 130 Å². The molecule has 0 aromatic heterocycles. The molecular formula is C22H45B. The minimum Gasteiger partial charge on any atom is -0.0666 e. The molecule has 0 unspecified atom stereocenters. The van der Waals surface area contributed by atoms with Crippen LogP contribution < -0.4 is 0 Å². The van der Waals surface area contributed by atoms with Crippen LogP contribution in [0.15, 0.2) is 0 Å². The first-order valence-corrected chi connectivity index (χ1v) is 11.2. The quantitative estimate of drug-likeness (QED) is 0.252. The van der Waals surface area contributed by atoms with E-state index in [0.717, 1.165) is 5.82 Å². The van der Waals surface area contributed by atoms with Crippen LogP contribution in [0.4, 0.5) is 0 Å². The van der Waals surface area contributed by atoms with Crippen LogP contribution in [0.3, 0.4) is 0 Å². The molecule has 0 aromatic rings. The normalized spacial score (nSPS) is 17.7. The number of hydrogen-bond donors (Lipinski definition) is 0. The number of rotatable bonds is 12. The van der Waals surface area contributed by atoms with E-state index in [-0.39, 0.29) is 0 Å². The summed E-state index contributed by atoms with van der Waals surface area (Å²) in [6, 6.07) is 0. The zero-order valence-corrected chi connectivity index (χ0v) is 16.8. The van der Waals surface area contributed by atoms with Gasteiger partial charge in [0.2, 0.25) is 0 Å². The summed E-state index contributed by atoms with van der Waals surface area (Å²) in [7, 11) is 1.53. The van der Waals surface area contributed by atoms with Gasteiger partial charge in [0.15, 0.2) is 0 Å². The number of hydrogen-bond acceptors (Lipinski definition) is 0. The van der Waals surface area contributed by atoms with Crippen molar-refractivity contribution in [3.05, 3.63) is 0 Å². The third-order valence-corrected chi connectivity index (χ3v) is 6.27. The lowest BCUT2D eigenvalue weighted by molar-refractivity contribution is 0.433. The molecule has 0 spiro atoms. The number of unbranched alkanes of at least 4 members (excludes halogenated alkanes) is 6. The van der Waals surface area contributed by atoms with Gasteiger partial charge in [0.25, 0.3) is 0 Å². The average Bonchev–Trinajstić information content (AvgIpc) is 2.51. The molecule has 0 aliphatic heterocycles. The monoisotopic (exact) mass is 320 g/mol. The van der Waals surface area contributed by atoms with Crippen LogP contribution in [0.25, 0.3) is 0 Å². The van der Waals surface area contributed by atoms with Gasteiger partial charge >= 0.3 is 0 Å². The molecule has 1 aliphatic carbocycles. The van der Waals surface area contributed by atoms with Crippen molar-refractivity contribution in [2.75, 3.05) is 0 Å². The van der Waals surface area contributed by atoms with Gasteiger partial charge in [0.1, 0.15) is 7.28 Å². The van der Waals surface area contributed by atoms with Gasteiger partial charge in [-0.2, -0.15) is 0 Å². The minimum absolute atomic E-state index is 0.644. The predicted octanol–water partition coefficient (Wildman–Crippen LogP) is 8.08. The summed E-state index contributed by atoms with van der Waals surface area (Å²) in [6.45, 7) is 7.31. The first-order valence-electron chi connectivity index (χ1n) is 11.2. The first kappa shape index (κ1) is 21.1. The first-order chi connectivity index (χ1) is 11.2. The minimum atomic E-state index is 0.644. The van der Waals surface area contributed by atoms with Crippen molar-refractivity contribution < 1.29 is 0 Å². The highest BCUT2D eigenvalue weighted by Gasteiger charge is 2.29. The second kappa shape index (κ2) is 13.4. The molecule has 0 aromatic carbocycles. The Morgan fingerprint density at radius 3 is 1.65 bits per heavy atom. The van der Waals surface area contributed by atoms with Crippen LogP contribution in [0.2, 0.25) is 11.1 Å². The molecule has 0 heterocycles. The van der Waals surface area contributed by atoms with E-state index < -0.39 is 0 Å². The molecule has 0 saturated heterocycles. The molecule has 1 aliphatic rings. The molecule has 1 heteroatoms. The van der Waals surface area contributed by atoms with E-state index in [9.17, 15) is 0 Å². The van der Waals surface area contributed by atoms with Crippen molar-refractivity contribution in [1.29, 1.82) is 0 Å². The largest absolute Gasteiger partial charge is 0.131 e. The summed E-state index contributed by atoms with van der Waals surface area (Å²) in [5, 5.41) is 0.644. The smallest absolute Gasteiger partial charge is 0.0666 e. The topological polar surface area (TPSA) is 0 Å². The zero-order valence-electron chi connectivity index (χ0n) is 16.8. The van der Waals surface area contributed by atoms with Crippen LogP contribution in [-0.2, 0) is 0 Å². The third kappa shape index (κ3) is 10.5. The van der Waals surface area contributed by atoms with E-state index >= 15 is 0 Å². The van der Waals surface area contributed by atoms with Crippen LogP contribution in [0.5, 0.6) is 0 Å². The van der Waals surface area contributed by atoms with Crippen molar-refractivity contribution >= 4 is 7.28 Å². The maximum atomic E-state index is 2.64. The molecule has 23 heavy (non-hydrogen) atoms. The van der Waals surface area contributed by atoms with E-state index in [1.54, 1.807) is 0 Å². The Morgan fingerprint density at radius 1 is 0.696 bits per heavy atom. The third-order valence-electron chi connectivity index (χ3n) is 6.27. The van der Waals surface area contributed by atoms with Gasteiger partial charge < -0.3 is 0 Å². The molecule has 1 saturated carbocycles. The highest BCUT2D eigenvalue weighted by Crippen LogP contribution is 2.43. The maximum absolute atomic E-state index is 2.64. The Bertz CT molecular complexity index is 241. The Kier molecular flexibility index (Phi) is 12.3. The molecule has 1 fully saturated rings. The lowest BCUT2D eigenvalue weighted by atomic mass is 9.42. The van der Waals surface area contributed by atoms with E-state index in [1.807, 2.05) is 0 Å². The van der Waals surface area contributed by atoms with E-state index in [4.69, 9.17) is 0 Å². The molecule has 0 atom stereocenters. The summed E-state index contributed by atoms with van der Waals surface area (Å²) in [5.41, 5.74) is 0. The molecule has 0 N–H and O–H groups in total. The fourth-order valence-electron chi connectivity index (χ4n) is 4.73. The lowest BCUT2D eigenvalue weighted by Crippen LogP contribution is -2.22. The summed E-state index contributed by atoms with van der Waals surface area (Å²) in [4.78, 5) is 0. The van der Waals surface area contributed by atoms with Gasteiger partial charge in [-0.1, -0.05) is 141 Å². The Labute approximate surface area is 148 Å². The Morgan fingerprint density at radius 2 is 1.17 bits per heavy atom. The average molecular weight is 320 g/mol. The van der Waals surface area contributed by atoms with Crippen molar-refractivity contribution in [1.82, 2.24) is 0 Å². The van der Waals surface area contributed by atoms with Gasteiger partial charge in [-0.25, -0.2) is 0 Å². The summed E-state index contributed by atoms with van der Waals surface area (Å²) < 4.78 is 0. The van der Waals surface area contributed by atoms with Gasteiger partial charge in [0.05, 0.1) is 0 Å². The highest BCUT2D eigenvalue weighted by atomic mass is 14.2. The summed E-state index contributed by atoms with van der Waals surface area (Å²) >= 11 is 0. The zero-order chi connectivity index (χ0) is 16.8. The van der Waals surface area contributed by atoms with E-state index in [2.05, 4.69) is 20.8 Å². The maximum Gasteiger partial charge on any atom is 0.131 e. The van der Waals surface area contributed by atoms with Crippen molar-refractivity contribution in [2.24, 2.45) is 0 Å². The van der Waals surface area contributed by atoms with Crippen LogP contribution in [0, 0.1) is 0 Å². The van der Waals surface area contributed by atoms with Crippen LogP contribution >= 0.6 is 0 Å².